The van der Waals surface area contributed by atoms with Crippen LogP contribution >= 0.6 is 0 Å². The zero-order valence-electron chi connectivity index (χ0n) is 22.9. The molecule has 2 saturated heterocycles. The van der Waals surface area contributed by atoms with Crippen molar-refractivity contribution in [3.63, 3.8) is 0 Å². The quantitative estimate of drug-likeness (QED) is 0.290. The minimum atomic E-state index is -4.18. The van der Waals surface area contributed by atoms with Crippen LogP contribution in [0.1, 0.15) is 38.7 Å². The van der Waals surface area contributed by atoms with Crippen LogP contribution in [-0.4, -0.2) is 74.3 Å². The monoisotopic (exact) mass is 578 g/mol. The molecule has 2 heterocycles. The van der Waals surface area contributed by atoms with Gasteiger partial charge in [0.1, 0.15) is 11.8 Å². The molecule has 2 aromatic carbocycles. The van der Waals surface area contributed by atoms with Gasteiger partial charge in [-0.3, -0.25) is 4.79 Å². The average Bonchev–Trinajstić information content (AvgIpc) is 3.38. The zero-order chi connectivity index (χ0) is 28.9. The Kier molecular flexibility index (Phi) is 9.84. The van der Waals surface area contributed by atoms with Crippen LogP contribution in [0.15, 0.2) is 59.5 Å². The van der Waals surface area contributed by atoms with Crippen LogP contribution in [0.2, 0.25) is 0 Å². The normalized spacial score (nSPS) is 23.0. The molecule has 2 aromatic rings. The molecule has 4 rings (SSSR count). The second-order valence-corrected chi connectivity index (χ2v) is 13.1. The van der Waals surface area contributed by atoms with Gasteiger partial charge in [-0.2, -0.15) is 4.31 Å². The van der Waals surface area contributed by atoms with E-state index in [4.69, 9.17) is 19.9 Å². The Hall–Kier alpha value is -2.57. The smallest absolute Gasteiger partial charge is 0.306 e. The van der Waals surface area contributed by atoms with Gasteiger partial charge in [-0.25, -0.2) is 12.8 Å². The lowest BCUT2D eigenvalue weighted by Gasteiger charge is -2.33. The van der Waals surface area contributed by atoms with Gasteiger partial charge in [-0.1, -0.05) is 30.3 Å². The molecule has 2 aliphatic heterocycles. The fourth-order valence-corrected chi connectivity index (χ4v) is 6.88. The van der Waals surface area contributed by atoms with Crippen LogP contribution in [0.3, 0.4) is 0 Å². The number of benzene rings is 2. The Morgan fingerprint density at radius 3 is 2.42 bits per heavy atom. The average molecular weight is 579 g/mol. The maximum Gasteiger partial charge on any atom is 0.306 e. The lowest BCUT2D eigenvalue weighted by atomic mass is 9.90. The second-order valence-electron chi connectivity index (χ2n) is 11.2. The number of carbonyl (C=O) groups excluding carboxylic acids is 1. The Balaban J connectivity index is 1.53. The molecule has 0 radical (unpaired) electrons. The van der Waals surface area contributed by atoms with Crippen molar-refractivity contribution in [2.75, 3.05) is 32.0 Å². The number of nitrogens with zero attached hydrogens (tertiary/aromatic N) is 1. The third-order valence-electron chi connectivity index (χ3n) is 7.30. The molecule has 0 bridgehead atoms. The molecule has 0 aliphatic carbocycles. The highest BCUT2D eigenvalue weighted by Gasteiger charge is 2.41. The summed E-state index contributed by atoms with van der Waals surface area (Å²) < 4.78 is 59.8. The van der Waals surface area contributed by atoms with Crippen molar-refractivity contribution in [2.24, 2.45) is 11.8 Å². The minimum absolute atomic E-state index is 0.0393. The number of carbonyl (C=O) groups is 1. The minimum Gasteiger partial charge on any atom is -0.462 e. The predicted molar refractivity (Wildman–Crippen MR) is 147 cm³/mol. The van der Waals surface area contributed by atoms with Crippen LogP contribution in [0.4, 0.5) is 10.1 Å². The molecule has 2 aliphatic rings. The Morgan fingerprint density at radius 2 is 1.77 bits per heavy atom. The number of nitrogen functional groups attached to an aromatic ring is 1. The number of nitrogens with two attached hydrogens (primary N) is 1. The number of halogens is 1. The third-order valence-corrected chi connectivity index (χ3v) is 9.13. The number of ether oxygens (including phenoxy) is 3. The van der Waals surface area contributed by atoms with Gasteiger partial charge >= 0.3 is 5.97 Å². The number of esters is 1. The van der Waals surface area contributed by atoms with Crippen molar-refractivity contribution < 1.29 is 36.9 Å². The number of hydrogen-bond donors (Lipinski definition) is 2. The molecular weight excluding hydrogens is 539 g/mol. The molecule has 0 saturated carbocycles. The number of aliphatic hydroxyl groups is 1. The molecule has 5 atom stereocenters. The molecule has 3 N–H and O–H groups in total. The Bertz CT molecular complexity index is 1220. The summed E-state index contributed by atoms with van der Waals surface area (Å²) in [6.07, 6.45) is -0.561. The first-order chi connectivity index (χ1) is 18.9. The molecule has 0 aromatic heterocycles. The number of rotatable bonds is 12. The van der Waals surface area contributed by atoms with Crippen molar-refractivity contribution in [3.05, 3.63) is 60.2 Å². The lowest BCUT2D eigenvalue weighted by molar-refractivity contribution is -0.195. The predicted octanol–water partition coefficient (Wildman–Crippen LogP) is 3.31. The van der Waals surface area contributed by atoms with Crippen LogP contribution in [0, 0.1) is 11.8 Å². The highest BCUT2D eigenvalue weighted by molar-refractivity contribution is 7.89. The number of sulfonamides is 1. The largest absolute Gasteiger partial charge is 0.462 e. The van der Waals surface area contributed by atoms with E-state index in [1.54, 1.807) is 0 Å². The van der Waals surface area contributed by atoms with Crippen molar-refractivity contribution in [1.82, 2.24) is 4.31 Å². The van der Waals surface area contributed by atoms with Crippen molar-refractivity contribution in [1.29, 1.82) is 0 Å². The highest BCUT2D eigenvalue weighted by atomic mass is 32.2. The first kappa shape index (κ1) is 30.4. The lowest BCUT2D eigenvalue weighted by Crippen LogP contribution is -2.46. The molecule has 0 unspecified atom stereocenters. The standard InChI is InChI=1S/C29H39FN2O7S/c1-29(2,30)19-32(40(35,36)23-10-8-22(31)9-11-23)18-25(33)21(16-20-6-4-3-5-7-20)17-27(34)39-26-13-15-38-28-24(26)12-14-37-28/h3-11,21,24-26,28,33H,12-19,31H2,1-2H3/t21-,24+,25-,26+,28-/m1/s1. The number of hydrogen-bond acceptors (Lipinski definition) is 8. The van der Waals surface area contributed by atoms with Gasteiger partial charge in [0.05, 0.1) is 30.6 Å². The van der Waals surface area contributed by atoms with Gasteiger partial charge in [0.15, 0.2) is 6.29 Å². The molecule has 220 valence electrons. The summed E-state index contributed by atoms with van der Waals surface area (Å²) in [6.45, 7) is 2.63. The molecule has 40 heavy (non-hydrogen) atoms. The zero-order valence-corrected chi connectivity index (χ0v) is 23.8. The molecule has 2 fully saturated rings. The van der Waals surface area contributed by atoms with Gasteiger partial charge in [-0.05, 0) is 56.5 Å². The summed E-state index contributed by atoms with van der Waals surface area (Å²) in [4.78, 5) is 13.1. The maximum absolute atomic E-state index is 14.8. The molecule has 11 heteroatoms. The summed E-state index contributed by atoms with van der Waals surface area (Å²) in [6, 6.07) is 14.9. The van der Waals surface area contributed by atoms with Crippen LogP contribution in [-0.2, 0) is 35.4 Å². The topological polar surface area (TPSA) is 128 Å². The number of fused-ring (bicyclic) bond motifs is 1. The number of aliphatic hydroxyl groups excluding tert-OH is 1. The van der Waals surface area contributed by atoms with Gasteiger partial charge in [0, 0.05) is 37.0 Å². The van der Waals surface area contributed by atoms with Crippen molar-refractivity contribution >= 4 is 21.7 Å². The molecule has 0 amide bonds. The summed E-state index contributed by atoms with van der Waals surface area (Å²) >= 11 is 0. The second kappa shape index (κ2) is 12.9. The van der Waals surface area contributed by atoms with Gasteiger partial charge in [0.2, 0.25) is 10.0 Å². The van der Waals surface area contributed by atoms with Crippen LogP contribution in [0.25, 0.3) is 0 Å². The summed E-state index contributed by atoms with van der Waals surface area (Å²) in [5.41, 5.74) is 5.10. The number of alkyl halides is 1. The molecular formula is C29H39FN2O7S. The maximum atomic E-state index is 14.8. The van der Waals surface area contributed by atoms with Crippen LogP contribution < -0.4 is 5.73 Å². The molecule has 9 nitrogen and oxygen atoms in total. The fraction of sp³-hybridized carbons (Fsp3) is 0.552. The summed E-state index contributed by atoms with van der Waals surface area (Å²) in [7, 11) is -4.18. The van der Waals surface area contributed by atoms with E-state index in [1.165, 1.54) is 38.1 Å². The van der Waals surface area contributed by atoms with E-state index in [9.17, 15) is 22.7 Å². The van der Waals surface area contributed by atoms with Gasteiger partial charge in [-0.15, -0.1) is 0 Å². The van der Waals surface area contributed by atoms with E-state index in [-0.39, 0.29) is 29.6 Å². The number of anilines is 1. The SMILES string of the molecule is CC(C)(F)CN(C[C@@H](O)[C@@H](CC(=O)O[C@H]1CCO[C@H]2OCC[C@H]21)Cc1ccccc1)S(=O)(=O)c1ccc(N)cc1. The highest BCUT2D eigenvalue weighted by Crippen LogP contribution is 2.33. The summed E-state index contributed by atoms with van der Waals surface area (Å²) in [5.74, 6) is -1.21. The molecule has 0 spiro atoms. The third kappa shape index (κ3) is 8.01. The first-order valence-corrected chi connectivity index (χ1v) is 15.1. The Morgan fingerprint density at radius 1 is 1.12 bits per heavy atom. The van der Waals surface area contributed by atoms with Crippen molar-refractivity contribution in [3.8, 4) is 0 Å². The first-order valence-electron chi connectivity index (χ1n) is 13.6. The van der Waals surface area contributed by atoms with E-state index in [0.717, 1.165) is 16.3 Å². The van der Waals surface area contributed by atoms with Gasteiger partial charge < -0.3 is 25.1 Å². The Labute approximate surface area is 235 Å². The van der Waals surface area contributed by atoms with E-state index >= 15 is 0 Å². The van der Waals surface area contributed by atoms with E-state index in [0.29, 0.717) is 31.7 Å². The van der Waals surface area contributed by atoms with E-state index in [1.807, 2.05) is 30.3 Å². The van der Waals surface area contributed by atoms with Gasteiger partial charge in [0.25, 0.3) is 0 Å². The fourth-order valence-electron chi connectivity index (χ4n) is 5.28. The van der Waals surface area contributed by atoms with E-state index in [2.05, 4.69) is 0 Å². The van der Waals surface area contributed by atoms with Crippen LogP contribution in [0.5, 0.6) is 0 Å². The van der Waals surface area contributed by atoms with Crippen molar-refractivity contribution in [2.45, 2.75) is 68.6 Å². The van der Waals surface area contributed by atoms with E-state index < -0.39 is 46.8 Å². The summed E-state index contributed by atoms with van der Waals surface area (Å²) in [5, 5.41) is 11.4.